The molecule has 0 saturated heterocycles. The number of hydrogen-bond acceptors (Lipinski definition) is 5. The van der Waals surface area contributed by atoms with E-state index in [9.17, 15) is 14.0 Å². The maximum atomic E-state index is 14.0. The Labute approximate surface area is 228 Å². The number of aryl methyl sites for hydroxylation is 1. The van der Waals surface area contributed by atoms with E-state index in [1.54, 1.807) is 37.3 Å². The maximum Gasteiger partial charge on any atom is 0.319 e. The third-order valence-corrected chi connectivity index (χ3v) is 6.71. The molecule has 8 nitrogen and oxygen atoms in total. The van der Waals surface area contributed by atoms with Crippen molar-refractivity contribution in [1.29, 1.82) is 0 Å². The highest BCUT2D eigenvalue weighted by Crippen LogP contribution is 2.44. The first kappa shape index (κ1) is 27.8. The predicted octanol–water partition coefficient (Wildman–Crippen LogP) is 6.09. The number of carbonyl (C=O) groups is 2. The molecule has 0 aliphatic carbocycles. The van der Waals surface area contributed by atoms with Gasteiger partial charge in [0.15, 0.2) is 0 Å². The zero-order valence-electron chi connectivity index (χ0n) is 23.2. The van der Waals surface area contributed by atoms with Crippen molar-refractivity contribution >= 4 is 29.0 Å². The highest BCUT2D eigenvalue weighted by Gasteiger charge is 2.38. The third kappa shape index (κ3) is 5.77. The fourth-order valence-electron chi connectivity index (χ4n) is 4.71. The molecule has 3 amide bonds. The summed E-state index contributed by atoms with van der Waals surface area (Å²) in [5.74, 6) is 0.458. The topological polar surface area (TPSA) is 91.9 Å². The van der Waals surface area contributed by atoms with Crippen molar-refractivity contribution in [1.82, 2.24) is 5.32 Å². The number of halogens is 1. The van der Waals surface area contributed by atoms with E-state index in [0.29, 0.717) is 29.4 Å². The lowest BCUT2D eigenvalue weighted by Crippen LogP contribution is -2.52. The first-order chi connectivity index (χ1) is 18.6. The Morgan fingerprint density at radius 1 is 1.08 bits per heavy atom. The number of rotatable bonds is 8. The van der Waals surface area contributed by atoms with E-state index in [1.165, 1.54) is 12.1 Å². The van der Waals surface area contributed by atoms with Gasteiger partial charge in [-0.1, -0.05) is 19.1 Å². The van der Waals surface area contributed by atoms with Gasteiger partial charge in [-0.25, -0.2) is 9.18 Å². The largest absolute Gasteiger partial charge is 0.496 e. The van der Waals surface area contributed by atoms with Crippen molar-refractivity contribution < 1.29 is 23.5 Å². The van der Waals surface area contributed by atoms with Gasteiger partial charge in [0.25, 0.3) is 5.91 Å². The van der Waals surface area contributed by atoms with Crippen molar-refractivity contribution in [3.63, 3.8) is 0 Å². The summed E-state index contributed by atoms with van der Waals surface area (Å²) in [6.45, 7) is 8.14. The highest BCUT2D eigenvalue weighted by molar-refractivity contribution is 6.09. The van der Waals surface area contributed by atoms with Crippen molar-refractivity contribution in [2.75, 3.05) is 36.2 Å². The van der Waals surface area contributed by atoms with Crippen LogP contribution in [0.15, 0.2) is 48.5 Å². The minimum atomic E-state index is -0.788. The van der Waals surface area contributed by atoms with Gasteiger partial charge in [-0.15, -0.1) is 0 Å². The van der Waals surface area contributed by atoms with Crippen LogP contribution in [0.1, 0.15) is 38.3 Å². The van der Waals surface area contributed by atoms with Gasteiger partial charge >= 0.3 is 6.03 Å². The predicted molar refractivity (Wildman–Crippen MR) is 152 cm³/mol. The first-order valence-corrected chi connectivity index (χ1v) is 12.9. The van der Waals surface area contributed by atoms with Crippen LogP contribution in [0.2, 0.25) is 0 Å². The van der Waals surface area contributed by atoms with Crippen LogP contribution in [-0.2, 0) is 11.4 Å². The molecule has 3 aromatic carbocycles. The molecule has 0 spiro atoms. The molecule has 0 aromatic heterocycles. The van der Waals surface area contributed by atoms with Gasteiger partial charge < -0.3 is 30.3 Å². The Kier molecular flexibility index (Phi) is 7.99. The number of carbonyl (C=O) groups excluding carboxylic acids is 2. The van der Waals surface area contributed by atoms with Crippen LogP contribution in [0.25, 0.3) is 11.1 Å². The zero-order chi connectivity index (χ0) is 28.3. The third-order valence-electron chi connectivity index (χ3n) is 6.71. The van der Waals surface area contributed by atoms with Gasteiger partial charge in [0.1, 0.15) is 29.5 Å². The molecular weight excluding hydrogens is 499 g/mol. The normalized spacial score (nSPS) is 13.8. The quantitative estimate of drug-likeness (QED) is 0.325. The number of amides is 3. The average Bonchev–Trinajstić information content (AvgIpc) is 2.90. The highest BCUT2D eigenvalue weighted by atomic mass is 19.1. The van der Waals surface area contributed by atoms with E-state index in [0.717, 1.165) is 34.4 Å². The van der Waals surface area contributed by atoms with Crippen LogP contribution in [-0.4, -0.2) is 38.2 Å². The number of methoxy groups -OCH3 is 1. The lowest BCUT2D eigenvalue weighted by molar-refractivity contribution is -0.121. The summed E-state index contributed by atoms with van der Waals surface area (Å²) in [4.78, 5) is 27.0. The Balaban J connectivity index is 1.80. The van der Waals surface area contributed by atoms with Gasteiger partial charge in [-0.05, 0) is 62.6 Å². The minimum absolute atomic E-state index is 0.0745. The molecule has 1 aliphatic heterocycles. The Morgan fingerprint density at radius 3 is 2.54 bits per heavy atom. The Hall–Kier alpha value is -4.27. The van der Waals surface area contributed by atoms with Crippen LogP contribution >= 0.6 is 0 Å². The molecule has 0 unspecified atom stereocenters. The van der Waals surface area contributed by atoms with Crippen LogP contribution in [0.5, 0.6) is 11.5 Å². The van der Waals surface area contributed by atoms with Crippen molar-refractivity contribution in [2.24, 2.45) is 0 Å². The van der Waals surface area contributed by atoms with Crippen LogP contribution in [0, 0.1) is 12.7 Å². The lowest BCUT2D eigenvalue weighted by atomic mass is 9.91. The molecule has 3 aromatic rings. The monoisotopic (exact) mass is 534 g/mol. The Bertz CT molecular complexity index is 1410. The molecule has 4 rings (SSSR count). The number of fused-ring (bicyclic) bond motifs is 1. The maximum absolute atomic E-state index is 14.0. The SMILES string of the molecule is CCCNC(=O)Nc1ccc(-c2ccc3c(c2COc2cc(F)ccc2C)N(C)C(=O)C(C)(C)N3)c(OC)c1. The molecule has 206 valence electrons. The summed E-state index contributed by atoms with van der Waals surface area (Å²) < 4.78 is 25.9. The number of benzene rings is 3. The van der Waals surface area contributed by atoms with E-state index in [1.807, 2.05) is 45.9 Å². The van der Waals surface area contributed by atoms with E-state index in [4.69, 9.17) is 9.47 Å². The van der Waals surface area contributed by atoms with Crippen LogP contribution in [0.3, 0.4) is 0 Å². The molecule has 0 saturated carbocycles. The number of nitrogens with one attached hydrogen (secondary N) is 3. The standard InChI is InChI=1S/C30H35FN4O4/c1-7-14-32-29(37)33-20-10-11-22(26(16-20)38-6)21-12-13-24-27(35(5)28(36)30(3,4)34-24)23(21)17-39-25-15-19(31)9-8-18(25)2/h8-13,15-16,34H,7,14,17H2,1-6H3,(H2,32,33,37). The number of anilines is 3. The zero-order valence-corrected chi connectivity index (χ0v) is 23.2. The van der Waals surface area contributed by atoms with E-state index < -0.39 is 11.4 Å². The molecule has 39 heavy (non-hydrogen) atoms. The van der Waals surface area contributed by atoms with Gasteiger partial charge in [0, 0.05) is 42.5 Å². The molecule has 0 bridgehead atoms. The molecule has 0 radical (unpaired) electrons. The fraction of sp³-hybridized carbons (Fsp3) is 0.333. The van der Waals surface area contributed by atoms with E-state index in [-0.39, 0.29) is 18.5 Å². The fourth-order valence-corrected chi connectivity index (χ4v) is 4.71. The number of urea groups is 1. The number of hydrogen-bond donors (Lipinski definition) is 3. The number of ether oxygens (including phenoxy) is 2. The molecule has 1 aliphatic rings. The van der Waals surface area contributed by atoms with Crippen LogP contribution < -0.4 is 30.3 Å². The van der Waals surface area contributed by atoms with Gasteiger partial charge in [-0.3, -0.25) is 4.79 Å². The first-order valence-electron chi connectivity index (χ1n) is 12.9. The molecular formula is C30H35FN4O4. The lowest BCUT2D eigenvalue weighted by Gasteiger charge is -2.39. The van der Waals surface area contributed by atoms with Gasteiger partial charge in [0.05, 0.1) is 18.5 Å². The molecule has 9 heteroatoms. The van der Waals surface area contributed by atoms with Crippen molar-refractivity contribution in [2.45, 2.75) is 46.3 Å². The summed E-state index contributed by atoms with van der Waals surface area (Å²) in [7, 11) is 3.30. The summed E-state index contributed by atoms with van der Waals surface area (Å²) in [6, 6.07) is 13.4. The van der Waals surface area contributed by atoms with E-state index >= 15 is 0 Å². The number of likely N-dealkylation sites (N-methyl/N-ethyl adjacent to an activating group) is 1. The second-order valence-corrected chi connectivity index (χ2v) is 10.1. The summed E-state index contributed by atoms with van der Waals surface area (Å²) in [6.07, 6.45) is 0.830. The van der Waals surface area contributed by atoms with Crippen molar-refractivity contribution in [3.05, 3.63) is 65.5 Å². The number of nitrogens with zero attached hydrogens (tertiary/aromatic N) is 1. The Morgan fingerprint density at radius 2 is 1.82 bits per heavy atom. The minimum Gasteiger partial charge on any atom is -0.496 e. The van der Waals surface area contributed by atoms with Crippen LogP contribution in [0.4, 0.5) is 26.2 Å². The molecule has 3 N–H and O–H groups in total. The smallest absolute Gasteiger partial charge is 0.319 e. The molecule has 0 fully saturated rings. The van der Waals surface area contributed by atoms with Gasteiger partial charge in [0.2, 0.25) is 0 Å². The summed E-state index contributed by atoms with van der Waals surface area (Å²) >= 11 is 0. The summed E-state index contributed by atoms with van der Waals surface area (Å²) in [5.41, 5.74) is 4.30. The average molecular weight is 535 g/mol. The van der Waals surface area contributed by atoms with Crippen molar-refractivity contribution in [3.8, 4) is 22.6 Å². The molecule has 0 atom stereocenters. The summed E-state index contributed by atoms with van der Waals surface area (Å²) in [5, 5.41) is 8.95. The second-order valence-electron chi connectivity index (χ2n) is 10.1. The second kappa shape index (κ2) is 11.2. The van der Waals surface area contributed by atoms with E-state index in [2.05, 4.69) is 16.0 Å². The molecule has 1 heterocycles. The van der Waals surface area contributed by atoms with Gasteiger partial charge in [-0.2, -0.15) is 0 Å².